The van der Waals surface area contributed by atoms with Gasteiger partial charge < -0.3 is 11.1 Å². The molecule has 1 aromatic heterocycles. The van der Waals surface area contributed by atoms with Crippen LogP contribution in [-0.2, 0) is 0 Å². The largest absolute Gasteiger partial charge is 0.366 e. The normalized spacial score (nSPS) is 10.3. The minimum Gasteiger partial charge on any atom is -0.366 e. The molecule has 3 aromatic rings. The molecule has 0 saturated carbocycles. The van der Waals surface area contributed by atoms with E-state index in [1.807, 2.05) is 30.3 Å². The number of anilines is 2. The summed E-state index contributed by atoms with van der Waals surface area (Å²) < 4.78 is 0. The first-order valence-corrected chi connectivity index (χ1v) is 7.25. The zero-order valence-electron chi connectivity index (χ0n) is 12.0. The average Bonchev–Trinajstić information content (AvgIpc) is 2.56. The first-order valence-electron chi connectivity index (χ1n) is 6.88. The molecule has 1 amide bonds. The number of hydrogen-bond acceptors (Lipinski definition) is 4. The third-order valence-electron chi connectivity index (χ3n) is 3.22. The standard InChI is InChI=1S/C17H13ClN4O/c18-13-5-1-11(2-6-13)15-9-10-20-17(22-15)21-14-7-3-12(4-8-14)16(19)23/h1-10H,(H2,19,23)(H,20,21,22). The summed E-state index contributed by atoms with van der Waals surface area (Å²) in [4.78, 5) is 19.7. The molecule has 23 heavy (non-hydrogen) atoms. The number of nitrogens with two attached hydrogens (primary N) is 1. The summed E-state index contributed by atoms with van der Waals surface area (Å²) in [5.74, 6) is 0.00168. The monoisotopic (exact) mass is 324 g/mol. The fourth-order valence-electron chi connectivity index (χ4n) is 2.05. The first-order chi connectivity index (χ1) is 11.1. The van der Waals surface area contributed by atoms with Crippen molar-refractivity contribution in [2.24, 2.45) is 5.73 Å². The van der Waals surface area contributed by atoms with Gasteiger partial charge in [0.25, 0.3) is 0 Å². The number of benzene rings is 2. The molecule has 5 nitrogen and oxygen atoms in total. The maximum atomic E-state index is 11.1. The predicted octanol–water partition coefficient (Wildman–Crippen LogP) is 3.64. The van der Waals surface area contributed by atoms with Crippen molar-refractivity contribution in [1.82, 2.24) is 9.97 Å². The van der Waals surface area contributed by atoms with Gasteiger partial charge in [0.2, 0.25) is 11.9 Å². The van der Waals surface area contributed by atoms with Crippen LogP contribution in [0, 0.1) is 0 Å². The number of hydrogen-bond donors (Lipinski definition) is 2. The molecule has 2 aromatic carbocycles. The van der Waals surface area contributed by atoms with Gasteiger partial charge in [-0.1, -0.05) is 23.7 Å². The number of halogens is 1. The van der Waals surface area contributed by atoms with E-state index in [0.29, 0.717) is 16.5 Å². The first kappa shape index (κ1) is 15.0. The minimum atomic E-state index is -0.461. The van der Waals surface area contributed by atoms with Crippen LogP contribution in [0.2, 0.25) is 5.02 Å². The number of carbonyl (C=O) groups excluding carboxylic acids is 1. The third kappa shape index (κ3) is 3.64. The third-order valence-corrected chi connectivity index (χ3v) is 3.47. The van der Waals surface area contributed by atoms with Gasteiger partial charge in [0.1, 0.15) is 0 Å². The van der Waals surface area contributed by atoms with E-state index < -0.39 is 5.91 Å². The Morgan fingerprint density at radius 3 is 2.35 bits per heavy atom. The molecule has 0 spiro atoms. The number of aromatic nitrogens is 2. The van der Waals surface area contributed by atoms with Crippen LogP contribution in [0.1, 0.15) is 10.4 Å². The second-order valence-corrected chi connectivity index (χ2v) is 5.28. The maximum absolute atomic E-state index is 11.1. The van der Waals surface area contributed by atoms with E-state index in [4.69, 9.17) is 17.3 Å². The lowest BCUT2D eigenvalue weighted by Gasteiger charge is -2.07. The molecule has 0 aliphatic heterocycles. The quantitative estimate of drug-likeness (QED) is 0.767. The van der Waals surface area contributed by atoms with Crippen LogP contribution in [0.25, 0.3) is 11.3 Å². The van der Waals surface area contributed by atoms with E-state index in [2.05, 4.69) is 15.3 Å². The van der Waals surface area contributed by atoms with E-state index >= 15 is 0 Å². The molecule has 0 radical (unpaired) electrons. The highest BCUT2D eigenvalue weighted by molar-refractivity contribution is 6.30. The Morgan fingerprint density at radius 1 is 1.00 bits per heavy atom. The Labute approximate surface area is 138 Å². The molecule has 114 valence electrons. The predicted molar refractivity (Wildman–Crippen MR) is 90.7 cm³/mol. The summed E-state index contributed by atoms with van der Waals surface area (Å²) in [6, 6.07) is 16.0. The maximum Gasteiger partial charge on any atom is 0.248 e. The van der Waals surface area contributed by atoms with Crippen LogP contribution in [-0.4, -0.2) is 15.9 Å². The molecular formula is C17H13ClN4O. The van der Waals surface area contributed by atoms with Gasteiger partial charge in [-0.05, 0) is 42.5 Å². The Kier molecular flexibility index (Phi) is 4.21. The summed E-state index contributed by atoms with van der Waals surface area (Å²) in [5.41, 5.74) is 8.17. The SMILES string of the molecule is NC(=O)c1ccc(Nc2nccc(-c3ccc(Cl)cc3)n2)cc1. The minimum absolute atomic E-state index is 0.450. The van der Waals surface area contributed by atoms with Crippen LogP contribution in [0.3, 0.4) is 0 Å². The highest BCUT2D eigenvalue weighted by Gasteiger charge is 2.04. The van der Waals surface area contributed by atoms with Crippen LogP contribution in [0.15, 0.2) is 60.8 Å². The van der Waals surface area contributed by atoms with Crippen LogP contribution < -0.4 is 11.1 Å². The summed E-state index contributed by atoms with van der Waals surface area (Å²) in [5, 5.41) is 3.77. The Balaban J connectivity index is 1.82. The lowest BCUT2D eigenvalue weighted by Crippen LogP contribution is -2.10. The van der Waals surface area contributed by atoms with Crippen molar-refractivity contribution in [2.75, 3.05) is 5.32 Å². The number of nitrogens with one attached hydrogen (secondary N) is 1. The number of carbonyl (C=O) groups is 1. The molecule has 1 heterocycles. The second-order valence-electron chi connectivity index (χ2n) is 4.84. The Hall–Kier alpha value is -2.92. The van der Waals surface area contributed by atoms with Gasteiger partial charge >= 0.3 is 0 Å². The van der Waals surface area contributed by atoms with Gasteiger partial charge in [-0.15, -0.1) is 0 Å². The van der Waals surface area contributed by atoms with Gasteiger partial charge in [-0.2, -0.15) is 0 Å². The summed E-state index contributed by atoms with van der Waals surface area (Å²) in [6.07, 6.45) is 1.68. The van der Waals surface area contributed by atoms with Crippen molar-refractivity contribution >= 4 is 29.1 Å². The van der Waals surface area contributed by atoms with Gasteiger partial charge in [0, 0.05) is 28.0 Å². The van der Waals surface area contributed by atoms with Gasteiger partial charge in [0.05, 0.1) is 5.69 Å². The van der Waals surface area contributed by atoms with E-state index in [0.717, 1.165) is 16.9 Å². The average molecular weight is 325 g/mol. The van der Waals surface area contributed by atoms with Crippen molar-refractivity contribution < 1.29 is 4.79 Å². The number of rotatable bonds is 4. The van der Waals surface area contributed by atoms with Gasteiger partial charge in [0.15, 0.2) is 0 Å². The van der Waals surface area contributed by atoms with E-state index in [9.17, 15) is 4.79 Å². The second kappa shape index (κ2) is 6.46. The zero-order valence-corrected chi connectivity index (χ0v) is 12.8. The summed E-state index contributed by atoms with van der Waals surface area (Å²) in [6.45, 7) is 0. The number of nitrogens with zero attached hydrogens (tertiary/aromatic N) is 2. The van der Waals surface area contributed by atoms with Crippen LogP contribution in [0.4, 0.5) is 11.6 Å². The fourth-order valence-corrected chi connectivity index (χ4v) is 2.17. The molecular weight excluding hydrogens is 312 g/mol. The molecule has 0 saturated heterocycles. The lowest BCUT2D eigenvalue weighted by atomic mass is 10.1. The molecule has 3 N–H and O–H groups in total. The van der Waals surface area contributed by atoms with Gasteiger partial charge in [-0.3, -0.25) is 4.79 Å². The fraction of sp³-hybridized carbons (Fsp3) is 0. The molecule has 0 aliphatic carbocycles. The number of amides is 1. The smallest absolute Gasteiger partial charge is 0.248 e. The lowest BCUT2D eigenvalue weighted by molar-refractivity contribution is 0.100. The van der Waals surface area contributed by atoms with Crippen molar-refractivity contribution in [3.8, 4) is 11.3 Å². The van der Waals surface area contributed by atoms with Crippen molar-refractivity contribution in [3.05, 3.63) is 71.4 Å². The highest BCUT2D eigenvalue weighted by atomic mass is 35.5. The van der Waals surface area contributed by atoms with E-state index in [1.54, 1.807) is 30.5 Å². The van der Waals surface area contributed by atoms with E-state index in [1.165, 1.54) is 0 Å². The summed E-state index contributed by atoms with van der Waals surface area (Å²) in [7, 11) is 0. The van der Waals surface area contributed by atoms with Crippen molar-refractivity contribution in [2.45, 2.75) is 0 Å². The van der Waals surface area contributed by atoms with Crippen LogP contribution in [0.5, 0.6) is 0 Å². The highest BCUT2D eigenvalue weighted by Crippen LogP contribution is 2.21. The molecule has 0 bridgehead atoms. The Morgan fingerprint density at radius 2 is 1.70 bits per heavy atom. The molecule has 6 heteroatoms. The molecule has 0 fully saturated rings. The van der Waals surface area contributed by atoms with Gasteiger partial charge in [-0.25, -0.2) is 9.97 Å². The molecule has 3 rings (SSSR count). The van der Waals surface area contributed by atoms with Crippen LogP contribution >= 0.6 is 11.6 Å². The molecule has 0 unspecified atom stereocenters. The Bertz CT molecular complexity index is 832. The van der Waals surface area contributed by atoms with Crippen molar-refractivity contribution in [3.63, 3.8) is 0 Å². The molecule has 0 aliphatic rings. The zero-order chi connectivity index (χ0) is 16.2. The summed E-state index contributed by atoms with van der Waals surface area (Å²) >= 11 is 5.89. The van der Waals surface area contributed by atoms with E-state index in [-0.39, 0.29) is 0 Å². The molecule has 0 atom stereocenters. The van der Waals surface area contributed by atoms with Crippen molar-refractivity contribution in [1.29, 1.82) is 0 Å². The number of primary amides is 1. The topological polar surface area (TPSA) is 80.9 Å².